The first kappa shape index (κ1) is 20.5. The second-order valence-corrected chi connectivity index (χ2v) is 10.5. The van der Waals surface area contributed by atoms with E-state index in [-0.39, 0.29) is 34.1 Å². The number of rotatable bonds is 6. The second kappa shape index (κ2) is 8.17. The van der Waals surface area contributed by atoms with Gasteiger partial charge in [0.05, 0.1) is 15.6 Å². The van der Waals surface area contributed by atoms with Gasteiger partial charge in [0.15, 0.2) is 0 Å². The van der Waals surface area contributed by atoms with Gasteiger partial charge in [-0.15, -0.1) is 0 Å². The van der Waals surface area contributed by atoms with E-state index < -0.39 is 10.0 Å². The number of fused-ring (bicyclic) bond motifs is 2. The maximum Gasteiger partial charge on any atom is 0.264 e. The first-order valence-corrected chi connectivity index (χ1v) is 11.9. The number of hydrogen-bond acceptors (Lipinski definition) is 3. The molecule has 154 valence electrons. The Morgan fingerprint density at radius 3 is 2.48 bits per heavy atom. The lowest BCUT2D eigenvalue weighted by Gasteiger charge is -2.27. The summed E-state index contributed by atoms with van der Waals surface area (Å²) < 4.78 is 27.7. The zero-order chi connectivity index (χ0) is 20.6. The average molecular weight is 453 g/mol. The Bertz CT molecular complexity index is 1010. The number of nitrogens with zero attached hydrogens (tertiary/aromatic N) is 1. The van der Waals surface area contributed by atoms with E-state index >= 15 is 0 Å². The quantitative estimate of drug-likeness (QED) is 0.701. The van der Waals surface area contributed by atoms with Crippen LogP contribution in [0.4, 0.5) is 5.69 Å². The fourth-order valence-corrected chi connectivity index (χ4v) is 6.39. The van der Waals surface area contributed by atoms with Crippen LogP contribution in [0.1, 0.15) is 25.7 Å². The van der Waals surface area contributed by atoms with E-state index in [0.29, 0.717) is 16.9 Å². The number of halogens is 2. The van der Waals surface area contributed by atoms with E-state index in [4.69, 9.17) is 23.2 Å². The molecule has 2 aromatic carbocycles. The molecule has 1 N–H and O–H groups in total. The minimum Gasteiger partial charge on any atom is -0.352 e. The van der Waals surface area contributed by atoms with E-state index in [1.165, 1.54) is 30.7 Å². The van der Waals surface area contributed by atoms with Gasteiger partial charge in [-0.1, -0.05) is 47.8 Å². The minimum atomic E-state index is -4.00. The Labute approximate surface area is 181 Å². The highest BCUT2D eigenvalue weighted by atomic mass is 35.5. The molecular weight excluding hydrogens is 431 g/mol. The van der Waals surface area contributed by atoms with Crippen LogP contribution >= 0.6 is 23.2 Å². The molecule has 2 aliphatic carbocycles. The summed E-state index contributed by atoms with van der Waals surface area (Å²) in [6, 6.07) is 12.7. The van der Waals surface area contributed by atoms with Crippen molar-refractivity contribution in [3.05, 3.63) is 58.6 Å². The van der Waals surface area contributed by atoms with E-state index in [9.17, 15) is 13.2 Å². The van der Waals surface area contributed by atoms with Gasteiger partial charge < -0.3 is 5.32 Å². The van der Waals surface area contributed by atoms with Crippen molar-refractivity contribution in [2.24, 2.45) is 11.8 Å². The summed E-state index contributed by atoms with van der Waals surface area (Å²) in [6.45, 7) is -0.356. The zero-order valence-electron chi connectivity index (χ0n) is 15.7. The van der Waals surface area contributed by atoms with Crippen LogP contribution in [-0.4, -0.2) is 26.9 Å². The molecule has 0 radical (unpaired) electrons. The number of carbonyl (C=O) groups is 1. The van der Waals surface area contributed by atoms with Crippen LogP contribution in [0.5, 0.6) is 0 Å². The number of nitrogens with one attached hydrogen (secondary N) is 1. The lowest BCUT2D eigenvalue weighted by Crippen LogP contribution is -2.46. The molecule has 0 saturated heterocycles. The van der Waals surface area contributed by atoms with Crippen LogP contribution in [0.25, 0.3) is 0 Å². The molecule has 0 heterocycles. The maximum absolute atomic E-state index is 13.3. The Hall–Kier alpha value is -1.76. The molecule has 8 heteroatoms. The van der Waals surface area contributed by atoms with Crippen LogP contribution in [0, 0.1) is 11.8 Å². The summed E-state index contributed by atoms with van der Waals surface area (Å²) in [5.74, 6) is 0.841. The summed E-state index contributed by atoms with van der Waals surface area (Å²) in [5, 5.41) is 3.60. The molecule has 2 fully saturated rings. The molecular formula is C21H22Cl2N2O3S. The van der Waals surface area contributed by atoms with E-state index in [1.807, 2.05) is 0 Å². The third kappa shape index (κ3) is 4.25. The number of sulfonamides is 1. The molecule has 0 aromatic heterocycles. The van der Waals surface area contributed by atoms with Crippen molar-refractivity contribution in [3.63, 3.8) is 0 Å². The molecule has 0 spiro atoms. The first-order chi connectivity index (χ1) is 13.8. The minimum absolute atomic E-state index is 0.0868. The Balaban J connectivity index is 1.63. The fourth-order valence-electron chi connectivity index (χ4n) is 4.50. The number of hydrogen-bond donors (Lipinski definition) is 1. The van der Waals surface area contributed by atoms with Gasteiger partial charge in [0.1, 0.15) is 6.54 Å². The molecule has 2 aliphatic rings. The van der Waals surface area contributed by atoms with Gasteiger partial charge in [-0.3, -0.25) is 9.10 Å². The van der Waals surface area contributed by atoms with Gasteiger partial charge in [0.2, 0.25) is 5.91 Å². The van der Waals surface area contributed by atoms with Crippen molar-refractivity contribution in [2.75, 3.05) is 10.8 Å². The molecule has 3 atom stereocenters. The van der Waals surface area contributed by atoms with Crippen molar-refractivity contribution >= 4 is 44.8 Å². The molecule has 5 nitrogen and oxygen atoms in total. The highest BCUT2D eigenvalue weighted by Gasteiger charge is 2.40. The summed E-state index contributed by atoms with van der Waals surface area (Å²) in [4.78, 5) is 12.9. The van der Waals surface area contributed by atoms with Gasteiger partial charge in [0, 0.05) is 11.1 Å². The third-order valence-corrected chi connectivity index (χ3v) is 8.21. The highest BCUT2D eigenvalue weighted by Crippen LogP contribution is 2.44. The molecule has 4 rings (SSSR count). The van der Waals surface area contributed by atoms with Crippen molar-refractivity contribution in [1.29, 1.82) is 0 Å². The van der Waals surface area contributed by atoms with E-state index in [0.717, 1.165) is 23.6 Å². The summed E-state index contributed by atoms with van der Waals surface area (Å²) in [5.41, 5.74) is 0.186. The fraction of sp³-hybridized carbons (Fsp3) is 0.381. The lowest BCUT2D eigenvalue weighted by molar-refractivity contribution is -0.120. The van der Waals surface area contributed by atoms with Crippen LogP contribution < -0.4 is 9.62 Å². The van der Waals surface area contributed by atoms with Crippen molar-refractivity contribution in [1.82, 2.24) is 5.32 Å². The number of amides is 1. The van der Waals surface area contributed by atoms with Crippen LogP contribution in [0.3, 0.4) is 0 Å². The Kier molecular flexibility index (Phi) is 5.78. The van der Waals surface area contributed by atoms with Gasteiger partial charge >= 0.3 is 0 Å². The van der Waals surface area contributed by atoms with Crippen LogP contribution in [0.15, 0.2) is 53.4 Å². The molecule has 2 aromatic rings. The molecule has 2 saturated carbocycles. The number of anilines is 1. The van der Waals surface area contributed by atoms with Crippen LogP contribution in [0.2, 0.25) is 10.0 Å². The van der Waals surface area contributed by atoms with Gasteiger partial charge in [-0.2, -0.15) is 0 Å². The second-order valence-electron chi connectivity index (χ2n) is 7.77. The summed E-state index contributed by atoms with van der Waals surface area (Å²) in [6.07, 6.45) is 4.47. The molecule has 2 bridgehead atoms. The monoisotopic (exact) mass is 452 g/mol. The van der Waals surface area contributed by atoms with Crippen molar-refractivity contribution in [2.45, 2.75) is 36.6 Å². The third-order valence-electron chi connectivity index (χ3n) is 5.88. The topological polar surface area (TPSA) is 66.5 Å². The van der Waals surface area contributed by atoms with E-state index in [2.05, 4.69) is 5.32 Å². The maximum atomic E-state index is 13.3. The highest BCUT2D eigenvalue weighted by molar-refractivity contribution is 7.92. The predicted molar refractivity (Wildman–Crippen MR) is 115 cm³/mol. The molecule has 0 unspecified atom stereocenters. The zero-order valence-corrected chi connectivity index (χ0v) is 18.1. The van der Waals surface area contributed by atoms with E-state index in [1.54, 1.807) is 24.3 Å². The summed E-state index contributed by atoms with van der Waals surface area (Å²) >= 11 is 12.4. The Morgan fingerprint density at radius 2 is 1.83 bits per heavy atom. The average Bonchev–Trinajstić information content (AvgIpc) is 3.32. The normalized spacial score (nSPS) is 23.2. The standard InChI is InChI=1S/C21H22Cl2N2O3S/c22-16-8-9-18(23)20(12-16)25(29(27,28)17-4-2-1-3-5-17)13-21(26)24-19-11-14-6-7-15(19)10-14/h1-5,8-9,12,14-15,19H,6-7,10-11,13H2,(H,24,26)/t14-,15-,19-/m1/s1. The number of carbonyl (C=O) groups excluding carboxylic acids is 1. The lowest BCUT2D eigenvalue weighted by atomic mass is 9.95. The first-order valence-electron chi connectivity index (χ1n) is 9.67. The van der Waals surface area contributed by atoms with Crippen molar-refractivity contribution in [3.8, 4) is 0 Å². The predicted octanol–water partition coefficient (Wildman–Crippen LogP) is 4.49. The SMILES string of the molecule is O=C(CN(c1cc(Cl)ccc1Cl)S(=O)(=O)c1ccccc1)N[C@@H]1C[C@@H]2CC[C@@H]1C2. The van der Waals surface area contributed by atoms with Crippen molar-refractivity contribution < 1.29 is 13.2 Å². The Morgan fingerprint density at radius 1 is 1.07 bits per heavy atom. The van der Waals surface area contributed by atoms with Gasteiger partial charge in [-0.25, -0.2) is 8.42 Å². The summed E-state index contributed by atoms with van der Waals surface area (Å²) in [7, 11) is -4.00. The molecule has 1 amide bonds. The number of benzene rings is 2. The van der Waals surface area contributed by atoms with Crippen LogP contribution in [-0.2, 0) is 14.8 Å². The molecule has 0 aliphatic heterocycles. The largest absolute Gasteiger partial charge is 0.352 e. The molecule has 29 heavy (non-hydrogen) atoms. The van der Waals surface area contributed by atoms with Gasteiger partial charge in [0.25, 0.3) is 10.0 Å². The van der Waals surface area contributed by atoms with Gasteiger partial charge in [-0.05, 0) is 61.4 Å². The smallest absolute Gasteiger partial charge is 0.264 e.